The molecule has 0 aliphatic carbocycles. The number of nitrogens with zero attached hydrogens (tertiary/aromatic N) is 2. The van der Waals surface area contributed by atoms with Gasteiger partial charge >= 0.3 is 0 Å². The van der Waals surface area contributed by atoms with Crippen molar-refractivity contribution in [1.29, 1.82) is 0 Å². The molecular formula is C22H24N2O2. The zero-order valence-corrected chi connectivity index (χ0v) is 15.1. The number of aryl methyl sites for hydroxylation is 1. The predicted octanol–water partition coefficient (Wildman–Crippen LogP) is 4.08. The van der Waals surface area contributed by atoms with Crippen LogP contribution < -0.4 is 9.64 Å². The first kappa shape index (κ1) is 16.9. The highest BCUT2D eigenvalue weighted by molar-refractivity contribution is 5.93. The Morgan fingerprint density at radius 3 is 2.81 bits per heavy atom. The molecule has 1 fully saturated rings. The Morgan fingerprint density at radius 2 is 2.00 bits per heavy atom. The first-order valence-electron chi connectivity index (χ1n) is 9.20. The molecule has 0 bridgehead atoms. The first-order chi connectivity index (χ1) is 12.7. The van der Waals surface area contributed by atoms with E-state index in [-0.39, 0.29) is 12.6 Å². The average molecular weight is 348 g/mol. The maximum absolute atomic E-state index is 9.68. The summed E-state index contributed by atoms with van der Waals surface area (Å²) in [5.74, 6) is 0.825. The van der Waals surface area contributed by atoms with Gasteiger partial charge in [-0.05, 0) is 43.5 Å². The van der Waals surface area contributed by atoms with E-state index in [1.54, 1.807) is 0 Å². The molecule has 1 aliphatic rings. The van der Waals surface area contributed by atoms with Gasteiger partial charge in [-0.3, -0.25) is 4.98 Å². The molecule has 1 aliphatic heterocycles. The van der Waals surface area contributed by atoms with E-state index >= 15 is 0 Å². The summed E-state index contributed by atoms with van der Waals surface area (Å²) in [5.41, 5.74) is 4.23. The van der Waals surface area contributed by atoms with Crippen LogP contribution in [0.4, 0.5) is 5.69 Å². The quantitative estimate of drug-likeness (QED) is 0.754. The van der Waals surface area contributed by atoms with Gasteiger partial charge in [-0.2, -0.15) is 0 Å². The lowest BCUT2D eigenvalue weighted by atomic mass is 10.1. The monoisotopic (exact) mass is 348 g/mol. The lowest BCUT2D eigenvalue weighted by molar-refractivity contribution is 0.266. The zero-order chi connectivity index (χ0) is 17.9. The fourth-order valence-corrected chi connectivity index (χ4v) is 3.73. The zero-order valence-electron chi connectivity index (χ0n) is 15.1. The van der Waals surface area contributed by atoms with Gasteiger partial charge in [0.25, 0.3) is 0 Å². The average Bonchev–Trinajstić information content (AvgIpc) is 3.15. The Kier molecular flexibility index (Phi) is 4.76. The third kappa shape index (κ3) is 3.37. The van der Waals surface area contributed by atoms with Gasteiger partial charge in [-0.15, -0.1) is 0 Å². The molecule has 3 aromatic rings. The molecule has 1 aromatic heterocycles. The van der Waals surface area contributed by atoms with Crippen LogP contribution in [-0.2, 0) is 6.61 Å². The second kappa shape index (κ2) is 7.34. The fourth-order valence-electron chi connectivity index (χ4n) is 3.73. The van der Waals surface area contributed by atoms with Crippen molar-refractivity contribution in [3.05, 3.63) is 65.9 Å². The molecule has 4 heteroatoms. The largest absolute Gasteiger partial charge is 0.489 e. The number of fused-ring (bicyclic) bond motifs is 1. The summed E-state index contributed by atoms with van der Waals surface area (Å²) in [6.07, 6.45) is 2.16. The number of ether oxygens (including phenoxy) is 1. The van der Waals surface area contributed by atoms with Gasteiger partial charge in [0.1, 0.15) is 12.4 Å². The molecule has 26 heavy (non-hydrogen) atoms. The smallest absolute Gasteiger partial charge is 0.122 e. The van der Waals surface area contributed by atoms with Gasteiger partial charge in [-0.25, -0.2) is 0 Å². The number of benzene rings is 2. The summed E-state index contributed by atoms with van der Waals surface area (Å²) >= 11 is 0. The maximum Gasteiger partial charge on any atom is 0.122 e. The Bertz CT molecular complexity index is 895. The number of hydrogen-bond acceptors (Lipinski definition) is 4. The minimum Gasteiger partial charge on any atom is -0.489 e. The van der Waals surface area contributed by atoms with E-state index < -0.39 is 0 Å². The van der Waals surface area contributed by atoms with Crippen LogP contribution in [0.15, 0.2) is 54.6 Å². The van der Waals surface area contributed by atoms with Crippen molar-refractivity contribution in [3.63, 3.8) is 0 Å². The number of anilines is 1. The standard InChI is InChI=1S/C22H24N2O2/c1-16-12-22(24-11-5-8-18(24)14-25)20-10-9-19(13-21(20)23-16)26-15-17-6-3-2-4-7-17/h2-4,6-7,9-10,12-13,18,25H,5,8,11,14-15H2,1H3. The van der Waals surface area contributed by atoms with E-state index in [9.17, 15) is 5.11 Å². The van der Waals surface area contributed by atoms with Crippen LogP contribution in [0.2, 0.25) is 0 Å². The number of aliphatic hydroxyl groups is 1. The summed E-state index contributed by atoms with van der Waals surface area (Å²) in [7, 11) is 0. The lowest BCUT2D eigenvalue weighted by Crippen LogP contribution is -2.32. The molecule has 134 valence electrons. The number of aromatic nitrogens is 1. The van der Waals surface area contributed by atoms with Crippen molar-refractivity contribution in [2.75, 3.05) is 18.1 Å². The highest BCUT2D eigenvalue weighted by Crippen LogP contribution is 2.33. The molecule has 0 radical (unpaired) electrons. The van der Waals surface area contributed by atoms with Crippen molar-refractivity contribution in [1.82, 2.24) is 4.98 Å². The van der Waals surface area contributed by atoms with E-state index in [4.69, 9.17) is 9.72 Å². The van der Waals surface area contributed by atoms with Crippen LogP contribution in [-0.4, -0.2) is 29.3 Å². The number of rotatable bonds is 5. The van der Waals surface area contributed by atoms with Gasteiger partial charge in [-0.1, -0.05) is 30.3 Å². The van der Waals surface area contributed by atoms with Gasteiger partial charge < -0.3 is 14.7 Å². The van der Waals surface area contributed by atoms with E-state index in [0.717, 1.165) is 47.3 Å². The molecule has 1 N–H and O–H groups in total. The van der Waals surface area contributed by atoms with Gasteiger partial charge in [0, 0.05) is 29.4 Å². The SMILES string of the molecule is Cc1cc(N2CCCC2CO)c2ccc(OCc3ccccc3)cc2n1. The fraction of sp³-hybridized carbons (Fsp3) is 0.318. The third-order valence-corrected chi connectivity index (χ3v) is 5.03. The second-order valence-electron chi connectivity index (χ2n) is 6.91. The van der Waals surface area contributed by atoms with Crippen molar-refractivity contribution >= 4 is 16.6 Å². The number of aliphatic hydroxyl groups excluding tert-OH is 1. The highest BCUT2D eigenvalue weighted by Gasteiger charge is 2.25. The Labute approximate surface area is 154 Å². The Balaban J connectivity index is 1.64. The molecule has 1 saturated heterocycles. The molecule has 4 nitrogen and oxygen atoms in total. The third-order valence-electron chi connectivity index (χ3n) is 5.03. The second-order valence-corrected chi connectivity index (χ2v) is 6.91. The summed E-state index contributed by atoms with van der Waals surface area (Å²) in [4.78, 5) is 7.03. The van der Waals surface area contributed by atoms with Crippen LogP contribution in [0.5, 0.6) is 5.75 Å². The number of hydrogen-bond donors (Lipinski definition) is 1. The van der Waals surface area contributed by atoms with Crippen LogP contribution in [0, 0.1) is 6.92 Å². The van der Waals surface area contributed by atoms with Crippen LogP contribution in [0.25, 0.3) is 10.9 Å². The highest BCUT2D eigenvalue weighted by atomic mass is 16.5. The summed E-state index contributed by atoms with van der Waals surface area (Å²) < 4.78 is 5.95. The van der Waals surface area contributed by atoms with Gasteiger partial charge in [0.05, 0.1) is 18.2 Å². The van der Waals surface area contributed by atoms with Crippen LogP contribution in [0.3, 0.4) is 0 Å². The minimum atomic E-state index is 0.196. The predicted molar refractivity (Wildman–Crippen MR) is 105 cm³/mol. The summed E-state index contributed by atoms with van der Waals surface area (Å²) in [6, 6.07) is 18.6. The van der Waals surface area contributed by atoms with Crippen LogP contribution in [0.1, 0.15) is 24.1 Å². The van der Waals surface area contributed by atoms with E-state index in [2.05, 4.69) is 29.2 Å². The van der Waals surface area contributed by atoms with E-state index in [1.165, 1.54) is 5.69 Å². The molecule has 0 amide bonds. The van der Waals surface area contributed by atoms with Crippen molar-refractivity contribution in [2.45, 2.75) is 32.4 Å². The van der Waals surface area contributed by atoms with E-state index in [0.29, 0.717) is 6.61 Å². The molecule has 0 spiro atoms. The summed E-state index contributed by atoms with van der Waals surface area (Å²) in [5, 5.41) is 10.8. The van der Waals surface area contributed by atoms with Gasteiger partial charge in [0.2, 0.25) is 0 Å². The molecule has 1 atom stereocenters. The van der Waals surface area contributed by atoms with Gasteiger partial charge in [0.15, 0.2) is 0 Å². The minimum absolute atomic E-state index is 0.196. The topological polar surface area (TPSA) is 45.6 Å². The van der Waals surface area contributed by atoms with E-state index in [1.807, 2.05) is 37.3 Å². The molecule has 2 heterocycles. The molecule has 0 saturated carbocycles. The van der Waals surface area contributed by atoms with Crippen molar-refractivity contribution < 1.29 is 9.84 Å². The maximum atomic E-state index is 9.68. The summed E-state index contributed by atoms with van der Waals surface area (Å²) in [6.45, 7) is 3.74. The van der Waals surface area contributed by atoms with Crippen LogP contribution >= 0.6 is 0 Å². The Morgan fingerprint density at radius 1 is 1.15 bits per heavy atom. The molecule has 4 rings (SSSR count). The number of pyridine rings is 1. The molecule has 1 unspecified atom stereocenters. The normalized spacial score (nSPS) is 17.0. The molecular weight excluding hydrogens is 324 g/mol. The Hall–Kier alpha value is -2.59. The van der Waals surface area contributed by atoms with Crippen molar-refractivity contribution in [2.24, 2.45) is 0 Å². The lowest BCUT2D eigenvalue weighted by Gasteiger charge is -2.27. The molecule has 2 aromatic carbocycles. The van der Waals surface area contributed by atoms with Crippen molar-refractivity contribution in [3.8, 4) is 5.75 Å². The first-order valence-corrected chi connectivity index (χ1v) is 9.20.